The molecular formula is C23H17F4N3O4S. The van der Waals surface area contributed by atoms with Gasteiger partial charge in [0.25, 0.3) is 0 Å². The van der Waals surface area contributed by atoms with Gasteiger partial charge in [0.2, 0.25) is 0 Å². The van der Waals surface area contributed by atoms with Crippen LogP contribution in [-0.4, -0.2) is 34.3 Å². The van der Waals surface area contributed by atoms with Crippen LogP contribution in [0, 0.1) is 0 Å². The van der Waals surface area contributed by atoms with E-state index in [0.29, 0.717) is 40.2 Å². The number of H-pyrrole nitrogens is 1. The first-order chi connectivity index (χ1) is 16.8. The number of benzene rings is 2. The van der Waals surface area contributed by atoms with Gasteiger partial charge in [-0.25, -0.2) is 4.98 Å². The van der Waals surface area contributed by atoms with E-state index in [0.717, 1.165) is 17.7 Å². The Morgan fingerprint density at radius 2 is 1.71 bits per heavy atom. The molecule has 7 nitrogen and oxygen atoms in total. The van der Waals surface area contributed by atoms with Gasteiger partial charge in [-0.2, -0.15) is 17.6 Å². The molecule has 0 fully saturated rings. The van der Waals surface area contributed by atoms with Gasteiger partial charge >= 0.3 is 12.2 Å². The van der Waals surface area contributed by atoms with E-state index >= 15 is 0 Å². The highest BCUT2D eigenvalue weighted by Crippen LogP contribution is 2.48. The third-order valence-electron chi connectivity index (χ3n) is 5.07. The van der Waals surface area contributed by atoms with Gasteiger partial charge in [0.05, 0.1) is 23.8 Å². The van der Waals surface area contributed by atoms with E-state index in [4.69, 9.17) is 9.47 Å². The highest BCUT2D eigenvalue weighted by Gasteiger charge is 2.66. The fourth-order valence-corrected chi connectivity index (χ4v) is 4.20. The molecule has 0 spiro atoms. The van der Waals surface area contributed by atoms with Gasteiger partial charge in [-0.05, 0) is 5.56 Å². The van der Waals surface area contributed by atoms with Crippen molar-refractivity contribution in [2.24, 2.45) is 0 Å². The number of halogens is 4. The number of ether oxygens (including phenoxy) is 4. The first kappa shape index (κ1) is 23.1. The summed E-state index contributed by atoms with van der Waals surface area (Å²) in [6.45, 7) is 0.312. The Morgan fingerprint density at radius 3 is 2.43 bits per heavy atom. The highest BCUT2D eigenvalue weighted by molar-refractivity contribution is 7.98. The number of aromatic nitrogens is 3. The second kappa shape index (κ2) is 8.84. The molecule has 0 unspecified atom stereocenters. The van der Waals surface area contributed by atoms with Crippen LogP contribution in [0.25, 0.3) is 11.0 Å². The molecule has 0 atom stereocenters. The zero-order valence-electron chi connectivity index (χ0n) is 18.1. The molecule has 4 aromatic rings. The summed E-state index contributed by atoms with van der Waals surface area (Å²) in [4.78, 5) is 11.7. The number of fused-ring (bicyclic) bond motifs is 2. The van der Waals surface area contributed by atoms with Crippen LogP contribution in [-0.2, 0) is 12.4 Å². The minimum absolute atomic E-state index is 0.245. The van der Waals surface area contributed by atoms with Crippen molar-refractivity contribution >= 4 is 22.8 Å². The van der Waals surface area contributed by atoms with Gasteiger partial charge in [0.15, 0.2) is 28.2 Å². The minimum Gasteiger partial charge on any atom is -0.493 e. The molecule has 35 heavy (non-hydrogen) atoms. The predicted octanol–water partition coefficient (Wildman–Crippen LogP) is 5.79. The number of nitrogens with one attached hydrogen (secondary N) is 1. The molecule has 2 aromatic heterocycles. The van der Waals surface area contributed by atoms with E-state index in [9.17, 15) is 17.6 Å². The second-order valence-electron chi connectivity index (χ2n) is 7.45. The number of nitrogens with zero attached hydrogens (tertiary/aromatic N) is 2. The summed E-state index contributed by atoms with van der Waals surface area (Å²) >= 11 is 1.25. The van der Waals surface area contributed by atoms with Crippen LogP contribution < -0.4 is 18.9 Å². The summed E-state index contributed by atoms with van der Waals surface area (Å²) in [5.41, 5.74) is 2.12. The summed E-state index contributed by atoms with van der Waals surface area (Å²) < 4.78 is 73.7. The third-order valence-corrected chi connectivity index (χ3v) is 5.96. The largest absolute Gasteiger partial charge is 0.507 e. The minimum atomic E-state index is -4.80. The van der Waals surface area contributed by atoms with Gasteiger partial charge in [0, 0.05) is 30.1 Å². The molecule has 0 saturated carbocycles. The van der Waals surface area contributed by atoms with Crippen LogP contribution in [0.2, 0.25) is 0 Å². The SMILES string of the molecule is COc1ccnc(CSc2nc3cc4c(cc3[nH]2)OC(F)(F)C(F)(F)O4)c1OCc1ccccc1. The lowest BCUT2D eigenvalue weighted by Crippen LogP contribution is -2.52. The number of aromatic amines is 1. The summed E-state index contributed by atoms with van der Waals surface area (Å²) in [6.07, 6.45) is -8.00. The van der Waals surface area contributed by atoms with Crippen LogP contribution in [0.5, 0.6) is 23.0 Å². The Balaban J connectivity index is 1.36. The summed E-state index contributed by atoms with van der Waals surface area (Å²) in [5, 5.41) is 0.402. The average molecular weight is 507 g/mol. The van der Waals surface area contributed by atoms with Gasteiger partial charge < -0.3 is 23.9 Å². The molecule has 0 amide bonds. The Morgan fingerprint density at radius 1 is 1.00 bits per heavy atom. The molecule has 1 aliphatic heterocycles. The molecule has 12 heteroatoms. The van der Waals surface area contributed by atoms with Crippen molar-refractivity contribution in [1.82, 2.24) is 15.0 Å². The summed E-state index contributed by atoms with van der Waals surface area (Å²) in [7, 11) is 1.53. The van der Waals surface area contributed by atoms with Gasteiger partial charge in [-0.1, -0.05) is 42.1 Å². The molecule has 2 aromatic carbocycles. The Labute approximate surface area is 200 Å². The normalized spacial score (nSPS) is 15.7. The topological polar surface area (TPSA) is 78.5 Å². The first-order valence-electron chi connectivity index (χ1n) is 10.2. The molecule has 0 aliphatic carbocycles. The van der Waals surface area contributed by atoms with E-state index in [1.807, 2.05) is 30.3 Å². The number of imidazole rings is 1. The van der Waals surface area contributed by atoms with Crippen LogP contribution in [0.1, 0.15) is 11.3 Å². The number of rotatable bonds is 7. The van der Waals surface area contributed by atoms with Crippen molar-refractivity contribution in [3.8, 4) is 23.0 Å². The molecule has 0 saturated heterocycles. The molecule has 182 valence electrons. The van der Waals surface area contributed by atoms with E-state index in [1.54, 1.807) is 12.3 Å². The van der Waals surface area contributed by atoms with Gasteiger partial charge in [-0.3, -0.25) is 4.98 Å². The molecule has 1 aliphatic rings. The number of alkyl halides is 4. The van der Waals surface area contributed by atoms with Gasteiger partial charge in [-0.15, -0.1) is 0 Å². The molecule has 1 N–H and O–H groups in total. The maximum atomic E-state index is 13.5. The van der Waals surface area contributed by atoms with E-state index < -0.39 is 23.7 Å². The lowest BCUT2D eigenvalue weighted by atomic mass is 10.2. The van der Waals surface area contributed by atoms with E-state index in [-0.39, 0.29) is 5.52 Å². The quantitative estimate of drug-likeness (QED) is 0.250. The number of thioether (sulfide) groups is 1. The highest BCUT2D eigenvalue weighted by atomic mass is 32.2. The van der Waals surface area contributed by atoms with Crippen LogP contribution >= 0.6 is 11.8 Å². The molecular weight excluding hydrogens is 490 g/mol. The van der Waals surface area contributed by atoms with E-state index in [1.165, 1.54) is 18.9 Å². The fraction of sp³-hybridized carbons (Fsp3) is 0.217. The number of methoxy groups -OCH3 is 1. The molecule has 0 radical (unpaired) electrons. The smallest absolute Gasteiger partial charge is 0.493 e. The zero-order chi connectivity index (χ0) is 24.6. The molecule has 3 heterocycles. The summed E-state index contributed by atoms with van der Waals surface area (Å²) in [6, 6.07) is 13.5. The maximum absolute atomic E-state index is 13.5. The van der Waals surface area contributed by atoms with Crippen LogP contribution in [0.4, 0.5) is 17.6 Å². The fourth-order valence-electron chi connectivity index (χ4n) is 3.37. The van der Waals surface area contributed by atoms with Gasteiger partial charge in [0.1, 0.15) is 6.61 Å². The number of hydrogen-bond acceptors (Lipinski definition) is 7. The Hall–Kier alpha value is -3.67. The zero-order valence-corrected chi connectivity index (χ0v) is 18.9. The van der Waals surface area contributed by atoms with Crippen molar-refractivity contribution in [3.05, 3.63) is 66.0 Å². The lowest BCUT2D eigenvalue weighted by Gasteiger charge is -2.31. The number of hydrogen-bond donors (Lipinski definition) is 1. The van der Waals surface area contributed by atoms with Crippen LogP contribution in [0.15, 0.2) is 59.9 Å². The Kier molecular flexibility index (Phi) is 5.83. The molecule has 0 bridgehead atoms. The van der Waals surface area contributed by atoms with Crippen molar-refractivity contribution in [2.45, 2.75) is 29.7 Å². The lowest BCUT2D eigenvalue weighted by molar-refractivity contribution is -0.391. The standard InChI is InChI=1S/C23H17F4N3O4S/c1-31-17-7-8-28-16(20(17)32-11-13-5-3-2-4-6-13)12-35-21-29-14-9-18-19(10-15(14)30-21)34-23(26,27)22(24,25)33-18/h2-10H,11-12H2,1H3,(H,29,30). The third kappa shape index (κ3) is 4.53. The van der Waals surface area contributed by atoms with Crippen molar-refractivity contribution in [2.75, 3.05) is 7.11 Å². The predicted molar refractivity (Wildman–Crippen MR) is 118 cm³/mol. The second-order valence-corrected chi connectivity index (χ2v) is 8.41. The van der Waals surface area contributed by atoms with Crippen molar-refractivity contribution in [1.29, 1.82) is 0 Å². The van der Waals surface area contributed by atoms with Crippen molar-refractivity contribution < 1.29 is 36.5 Å². The number of pyridine rings is 1. The maximum Gasteiger partial charge on any atom is 0.507 e. The summed E-state index contributed by atoms with van der Waals surface area (Å²) in [5.74, 6) is 0.274. The Bertz CT molecular complexity index is 1310. The average Bonchev–Trinajstić information content (AvgIpc) is 3.22. The monoisotopic (exact) mass is 507 g/mol. The molecule has 5 rings (SSSR count). The van der Waals surface area contributed by atoms with Crippen LogP contribution in [0.3, 0.4) is 0 Å². The first-order valence-corrected chi connectivity index (χ1v) is 11.2. The van der Waals surface area contributed by atoms with E-state index in [2.05, 4.69) is 24.4 Å². The van der Waals surface area contributed by atoms with Crippen molar-refractivity contribution in [3.63, 3.8) is 0 Å².